The molecule has 1 aromatic carbocycles. The molecule has 1 aromatic rings. The molecule has 0 saturated heterocycles. The Bertz CT molecular complexity index is 368. The van der Waals surface area contributed by atoms with E-state index >= 15 is 0 Å². The van der Waals surface area contributed by atoms with Gasteiger partial charge in [0, 0.05) is 6.54 Å². The van der Waals surface area contributed by atoms with Crippen LogP contribution in [0.1, 0.15) is 12.0 Å². The van der Waals surface area contributed by atoms with Gasteiger partial charge in [0.1, 0.15) is 6.04 Å². The minimum atomic E-state index is -0.959. The normalized spacial score (nSPS) is 11.0. The smallest absolute Gasteiger partial charge is 0.320 e. The summed E-state index contributed by atoms with van der Waals surface area (Å²) in [5, 5.41) is 16.4. The van der Waals surface area contributed by atoms with E-state index in [1.54, 1.807) is 0 Å². The van der Waals surface area contributed by atoms with E-state index in [2.05, 4.69) is 0 Å². The maximum Gasteiger partial charge on any atom is 0.320 e. The van der Waals surface area contributed by atoms with Gasteiger partial charge in [-0.1, -0.05) is 30.3 Å². The van der Waals surface area contributed by atoms with Crippen LogP contribution in [0.25, 0.3) is 0 Å². The minimum absolute atomic E-state index is 0.0694. The molecule has 0 saturated carbocycles. The molecule has 1 atom stereocenters. The second-order valence-corrected chi connectivity index (χ2v) is 3.57. The first kappa shape index (κ1) is 16.1. The van der Waals surface area contributed by atoms with Crippen LogP contribution in [0.4, 0.5) is 0 Å². The number of carbonyl (C=O) groups is 2. The van der Waals surface area contributed by atoms with Crippen LogP contribution in [0.3, 0.4) is 0 Å². The van der Waals surface area contributed by atoms with E-state index in [-0.39, 0.29) is 13.0 Å². The van der Waals surface area contributed by atoms with Gasteiger partial charge in [-0.25, -0.2) is 0 Å². The van der Waals surface area contributed by atoms with Gasteiger partial charge in [-0.15, -0.1) is 0 Å². The monoisotopic (exact) mass is 254 g/mol. The van der Waals surface area contributed by atoms with Crippen LogP contribution in [0, 0.1) is 0 Å². The number of hydrogen-bond acceptors (Lipinski definition) is 4. The van der Waals surface area contributed by atoms with Gasteiger partial charge in [0.2, 0.25) is 0 Å². The topological polar surface area (TPSA) is 127 Å². The summed E-state index contributed by atoms with van der Waals surface area (Å²) in [5.74, 6) is -1.80. The fourth-order valence-corrected chi connectivity index (χ4v) is 1.08. The maximum absolute atomic E-state index is 10.4. The van der Waals surface area contributed by atoms with Crippen LogP contribution < -0.4 is 11.5 Å². The standard InChI is InChI=1S/C9H11NO2.C3H7NO2/c10-8(9(11)12)6-7-4-2-1-3-5-7;4-2-1-3(5)6/h1-5,8H,6,10H2,(H,11,12);1-2,4H2,(H,5,6)/t8-;/m0./s1. The van der Waals surface area contributed by atoms with E-state index in [1.807, 2.05) is 30.3 Å². The molecule has 0 aliphatic rings. The van der Waals surface area contributed by atoms with E-state index in [9.17, 15) is 9.59 Å². The van der Waals surface area contributed by atoms with Gasteiger partial charge in [0.25, 0.3) is 0 Å². The molecule has 0 spiro atoms. The molecule has 18 heavy (non-hydrogen) atoms. The zero-order valence-corrected chi connectivity index (χ0v) is 9.95. The summed E-state index contributed by atoms with van der Waals surface area (Å²) in [5.41, 5.74) is 11.1. The van der Waals surface area contributed by atoms with Crippen LogP contribution in [0.5, 0.6) is 0 Å². The molecular formula is C12H18N2O4. The van der Waals surface area contributed by atoms with Crippen molar-refractivity contribution >= 4 is 11.9 Å². The number of hydrogen-bond donors (Lipinski definition) is 4. The average molecular weight is 254 g/mol. The van der Waals surface area contributed by atoms with Crippen molar-refractivity contribution < 1.29 is 19.8 Å². The number of nitrogens with two attached hydrogens (primary N) is 2. The predicted octanol–water partition coefficient (Wildman–Crippen LogP) is 0.0608. The molecule has 0 bridgehead atoms. The first-order valence-corrected chi connectivity index (χ1v) is 5.41. The van der Waals surface area contributed by atoms with Gasteiger partial charge in [0.05, 0.1) is 6.42 Å². The van der Waals surface area contributed by atoms with Crippen molar-refractivity contribution in [3.8, 4) is 0 Å². The fourth-order valence-electron chi connectivity index (χ4n) is 1.08. The third kappa shape index (κ3) is 8.26. The first-order valence-electron chi connectivity index (χ1n) is 5.41. The number of carboxylic acids is 2. The molecule has 0 aromatic heterocycles. The van der Waals surface area contributed by atoms with Crippen molar-refractivity contribution in [3.63, 3.8) is 0 Å². The average Bonchev–Trinajstić information content (AvgIpc) is 2.30. The van der Waals surface area contributed by atoms with Crippen LogP contribution >= 0.6 is 0 Å². The first-order chi connectivity index (χ1) is 8.47. The van der Waals surface area contributed by atoms with Crippen LogP contribution in [0.2, 0.25) is 0 Å². The van der Waals surface area contributed by atoms with Crippen molar-refractivity contribution in [1.82, 2.24) is 0 Å². The molecule has 0 unspecified atom stereocenters. The highest BCUT2D eigenvalue weighted by molar-refractivity contribution is 5.73. The zero-order valence-electron chi connectivity index (χ0n) is 9.95. The van der Waals surface area contributed by atoms with Crippen molar-refractivity contribution in [2.75, 3.05) is 6.54 Å². The van der Waals surface area contributed by atoms with Crippen molar-refractivity contribution in [2.45, 2.75) is 18.9 Å². The van der Waals surface area contributed by atoms with Crippen molar-refractivity contribution in [2.24, 2.45) is 11.5 Å². The van der Waals surface area contributed by atoms with Gasteiger partial charge >= 0.3 is 11.9 Å². The highest BCUT2D eigenvalue weighted by Gasteiger charge is 2.10. The largest absolute Gasteiger partial charge is 0.481 e. The molecule has 0 aliphatic carbocycles. The van der Waals surface area contributed by atoms with Gasteiger partial charge in [-0.3, -0.25) is 9.59 Å². The van der Waals surface area contributed by atoms with Crippen LogP contribution in [-0.2, 0) is 16.0 Å². The molecule has 0 amide bonds. The lowest BCUT2D eigenvalue weighted by atomic mass is 10.1. The summed E-state index contributed by atoms with van der Waals surface area (Å²) in [7, 11) is 0. The van der Waals surface area contributed by atoms with E-state index < -0.39 is 18.0 Å². The summed E-state index contributed by atoms with van der Waals surface area (Å²) >= 11 is 0. The Hall–Kier alpha value is -1.92. The van der Waals surface area contributed by atoms with Gasteiger partial charge in [-0.05, 0) is 12.0 Å². The highest BCUT2D eigenvalue weighted by Crippen LogP contribution is 2.01. The summed E-state index contributed by atoms with van der Waals surface area (Å²) in [6.45, 7) is 0.231. The van der Waals surface area contributed by atoms with Gasteiger partial charge in [-0.2, -0.15) is 0 Å². The third-order valence-electron chi connectivity index (χ3n) is 1.97. The molecule has 6 heteroatoms. The van der Waals surface area contributed by atoms with Crippen molar-refractivity contribution in [1.29, 1.82) is 0 Å². The molecular weight excluding hydrogens is 236 g/mol. The van der Waals surface area contributed by atoms with E-state index in [0.717, 1.165) is 5.56 Å². The molecule has 0 heterocycles. The van der Waals surface area contributed by atoms with Gasteiger partial charge < -0.3 is 21.7 Å². The maximum atomic E-state index is 10.4. The lowest BCUT2D eigenvalue weighted by molar-refractivity contribution is -0.138. The Balaban J connectivity index is 0.000000411. The lowest BCUT2D eigenvalue weighted by Gasteiger charge is -2.04. The Labute approximate surface area is 105 Å². The van der Waals surface area contributed by atoms with E-state index in [4.69, 9.17) is 21.7 Å². The summed E-state index contributed by atoms with van der Waals surface area (Å²) in [4.78, 5) is 19.9. The number of aliphatic carboxylic acids is 2. The molecule has 0 radical (unpaired) electrons. The van der Waals surface area contributed by atoms with E-state index in [1.165, 1.54) is 0 Å². The Morgan fingerprint density at radius 2 is 1.72 bits per heavy atom. The number of carboxylic acid groups (broad SMARTS) is 2. The van der Waals surface area contributed by atoms with Crippen LogP contribution in [-0.4, -0.2) is 34.7 Å². The molecule has 6 nitrogen and oxygen atoms in total. The Morgan fingerprint density at radius 3 is 2.06 bits per heavy atom. The minimum Gasteiger partial charge on any atom is -0.481 e. The molecule has 6 N–H and O–H groups in total. The SMILES string of the molecule is NCCC(=O)O.N[C@@H](Cc1ccccc1)C(=O)O. The molecule has 0 aliphatic heterocycles. The highest BCUT2D eigenvalue weighted by atomic mass is 16.4. The fraction of sp³-hybridized carbons (Fsp3) is 0.333. The van der Waals surface area contributed by atoms with Gasteiger partial charge in [0.15, 0.2) is 0 Å². The van der Waals surface area contributed by atoms with Crippen LogP contribution in [0.15, 0.2) is 30.3 Å². The number of benzene rings is 1. The molecule has 1 rings (SSSR count). The number of rotatable bonds is 5. The third-order valence-corrected chi connectivity index (χ3v) is 1.97. The zero-order chi connectivity index (χ0) is 14.0. The Morgan fingerprint density at radius 1 is 1.17 bits per heavy atom. The second-order valence-electron chi connectivity index (χ2n) is 3.57. The predicted molar refractivity (Wildman–Crippen MR) is 67.1 cm³/mol. The summed E-state index contributed by atoms with van der Waals surface area (Å²) in [6, 6.07) is 8.54. The molecule has 100 valence electrons. The Kier molecular flexibility index (Phi) is 8.17. The summed E-state index contributed by atoms with van der Waals surface area (Å²) in [6.07, 6.45) is 0.455. The second kappa shape index (κ2) is 9.15. The lowest BCUT2D eigenvalue weighted by Crippen LogP contribution is -2.32. The summed E-state index contributed by atoms with van der Waals surface area (Å²) < 4.78 is 0. The van der Waals surface area contributed by atoms with Crippen molar-refractivity contribution in [3.05, 3.63) is 35.9 Å². The quantitative estimate of drug-likeness (QED) is 0.588. The van der Waals surface area contributed by atoms with E-state index in [0.29, 0.717) is 6.42 Å². The molecule has 0 fully saturated rings.